The molecule has 63 heavy (non-hydrogen) atoms. The molecule has 0 saturated heterocycles. The summed E-state index contributed by atoms with van der Waals surface area (Å²) in [5.74, 6) is 1.84. The van der Waals surface area contributed by atoms with E-state index in [0.29, 0.717) is 17.5 Å². The third kappa shape index (κ3) is 6.21. The van der Waals surface area contributed by atoms with Gasteiger partial charge in [0.1, 0.15) is 0 Å². The molecule has 3 heterocycles. The van der Waals surface area contributed by atoms with Crippen molar-refractivity contribution in [1.29, 1.82) is 0 Å². The molecule has 0 amide bonds. The number of hydrogen-bond acceptors (Lipinski definition) is 3. The number of para-hydroxylation sites is 3. The van der Waals surface area contributed by atoms with Crippen molar-refractivity contribution < 1.29 is 0 Å². The van der Waals surface area contributed by atoms with Gasteiger partial charge in [-0.3, -0.25) is 0 Å². The predicted molar refractivity (Wildman–Crippen MR) is 260 cm³/mol. The van der Waals surface area contributed by atoms with E-state index < -0.39 is 0 Å². The van der Waals surface area contributed by atoms with Gasteiger partial charge in [0.15, 0.2) is 17.5 Å². The highest BCUT2D eigenvalue weighted by molar-refractivity contribution is 6.12. The van der Waals surface area contributed by atoms with Gasteiger partial charge in [0, 0.05) is 43.9 Å². The molecule has 12 aromatic rings. The smallest absolute Gasteiger partial charge is 0.166 e. The summed E-state index contributed by atoms with van der Waals surface area (Å²) in [4.78, 5) is 15.7. The summed E-state index contributed by atoms with van der Waals surface area (Å²) in [7, 11) is 0. The van der Waals surface area contributed by atoms with Crippen LogP contribution in [-0.4, -0.2) is 24.1 Å². The molecular formula is C58H39N5. The van der Waals surface area contributed by atoms with E-state index in [0.717, 1.165) is 55.7 Å². The van der Waals surface area contributed by atoms with Gasteiger partial charge in [-0.2, -0.15) is 0 Å². The fraction of sp³-hybridized carbons (Fsp3) is 0.0172. The van der Waals surface area contributed by atoms with E-state index >= 15 is 0 Å². The zero-order valence-corrected chi connectivity index (χ0v) is 34.5. The normalized spacial score (nSPS) is 11.6. The first-order chi connectivity index (χ1) is 31.2. The summed E-state index contributed by atoms with van der Waals surface area (Å²) >= 11 is 0. The molecule has 0 fully saturated rings. The maximum absolute atomic E-state index is 5.32. The first kappa shape index (κ1) is 36.4. The van der Waals surface area contributed by atoms with Crippen molar-refractivity contribution in [3.05, 3.63) is 224 Å². The van der Waals surface area contributed by atoms with Crippen LogP contribution >= 0.6 is 0 Å². The quantitative estimate of drug-likeness (QED) is 0.161. The van der Waals surface area contributed by atoms with Crippen LogP contribution in [0, 0.1) is 6.92 Å². The summed E-state index contributed by atoms with van der Waals surface area (Å²) < 4.78 is 4.74. The first-order valence-electron chi connectivity index (χ1n) is 21.4. The molecule has 0 bridgehead atoms. The summed E-state index contributed by atoms with van der Waals surface area (Å²) in [6.45, 7) is 2.18. The van der Waals surface area contributed by atoms with Crippen molar-refractivity contribution in [3.63, 3.8) is 0 Å². The molecule has 296 valence electrons. The Hall–Kier alpha value is -8.41. The summed E-state index contributed by atoms with van der Waals surface area (Å²) in [5, 5.41) is 4.78. The Kier molecular flexibility index (Phi) is 8.64. The molecular weight excluding hydrogens is 767 g/mol. The lowest BCUT2D eigenvalue weighted by Crippen LogP contribution is -2.04. The molecule has 5 heteroatoms. The van der Waals surface area contributed by atoms with E-state index in [1.54, 1.807) is 0 Å². The monoisotopic (exact) mass is 805 g/mol. The highest BCUT2D eigenvalue weighted by atomic mass is 15.1. The molecule has 3 aromatic heterocycles. The van der Waals surface area contributed by atoms with Crippen LogP contribution in [-0.2, 0) is 0 Å². The van der Waals surface area contributed by atoms with Crippen molar-refractivity contribution in [2.75, 3.05) is 0 Å². The second-order valence-corrected chi connectivity index (χ2v) is 16.1. The Morgan fingerprint density at radius 3 is 1.41 bits per heavy atom. The van der Waals surface area contributed by atoms with Crippen LogP contribution in [0.2, 0.25) is 0 Å². The SMILES string of the molecule is Cc1ccccc1-c1ccc2c(c1)c1ccccc1n2-c1ccc(-c2ccc3c(c2)c2ccccc2n3-c2ccccc2)cc1-c1nc(-c2ccccc2)nc(-c2ccccc2)n1. The van der Waals surface area contributed by atoms with Gasteiger partial charge in [-0.1, -0.05) is 158 Å². The van der Waals surface area contributed by atoms with E-state index in [4.69, 9.17) is 15.0 Å². The molecule has 0 unspecified atom stereocenters. The van der Waals surface area contributed by atoms with Gasteiger partial charge < -0.3 is 9.13 Å². The summed E-state index contributed by atoms with van der Waals surface area (Å²) in [6, 6.07) is 77.4. The van der Waals surface area contributed by atoms with Crippen molar-refractivity contribution >= 4 is 43.6 Å². The summed E-state index contributed by atoms with van der Waals surface area (Å²) in [5.41, 5.74) is 15.3. The standard InChI is InChI=1S/C58H39N5/c1-38-17-11-12-24-45(38)43-31-34-54-49(37-43)47-26-14-16-28-52(47)63(54)55-33-30-42(41-29-32-53-48(35-41)46-25-13-15-27-51(46)62(53)44-22-9-4-10-23-44)36-50(55)58-60-56(39-18-5-2-6-19-39)59-57(61-58)40-20-7-3-8-21-40/h2-37H,1H3. The van der Waals surface area contributed by atoms with Crippen LogP contribution < -0.4 is 0 Å². The Morgan fingerprint density at radius 2 is 0.762 bits per heavy atom. The third-order valence-corrected chi connectivity index (χ3v) is 12.3. The van der Waals surface area contributed by atoms with Crippen LogP contribution in [0.25, 0.3) is 111 Å². The minimum Gasteiger partial charge on any atom is -0.309 e. The van der Waals surface area contributed by atoms with Crippen LogP contribution in [0.4, 0.5) is 0 Å². The van der Waals surface area contributed by atoms with Crippen molar-refractivity contribution in [3.8, 4) is 67.8 Å². The lowest BCUT2D eigenvalue weighted by atomic mass is 9.98. The second kappa shape index (κ2) is 14.9. The molecule has 0 aliphatic rings. The number of aryl methyl sites for hydroxylation is 1. The highest BCUT2D eigenvalue weighted by Gasteiger charge is 2.22. The highest BCUT2D eigenvalue weighted by Crippen LogP contribution is 2.41. The van der Waals surface area contributed by atoms with Gasteiger partial charge >= 0.3 is 0 Å². The van der Waals surface area contributed by atoms with E-state index in [-0.39, 0.29) is 0 Å². The number of fused-ring (bicyclic) bond motifs is 6. The Balaban J connectivity index is 1.12. The second-order valence-electron chi connectivity index (χ2n) is 16.1. The fourth-order valence-electron chi connectivity index (χ4n) is 9.32. The molecule has 0 radical (unpaired) electrons. The maximum Gasteiger partial charge on any atom is 0.166 e. The van der Waals surface area contributed by atoms with Gasteiger partial charge in [0.25, 0.3) is 0 Å². The Labute approximate surface area is 364 Å². The first-order valence-corrected chi connectivity index (χ1v) is 21.4. The zero-order chi connectivity index (χ0) is 41.9. The molecule has 9 aromatic carbocycles. The fourth-order valence-corrected chi connectivity index (χ4v) is 9.32. The molecule has 0 spiro atoms. The number of rotatable bonds is 7. The molecule has 0 N–H and O–H groups in total. The Bertz CT molecular complexity index is 3620. The number of nitrogens with zero attached hydrogens (tertiary/aromatic N) is 5. The maximum atomic E-state index is 5.32. The minimum atomic E-state index is 0.601. The van der Waals surface area contributed by atoms with Gasteiger partial charge in [0.05, 0.1) is 27.8 Å². The average molecular weight is 806 g/mol. The molecule has 0 saturated carbocycles. The van der Waals surface area contributed by atoms with Crippen molar-refractivity contribution in [2.45, 2.75) is 6.92 Å². The van der Waals surface area contributed by atoms with Gasteiger partial charge in [-0.25, -0.2) is 15.0 Å². The molecule has 5 nitrogen and oxygen atoms in total. The van der Waals surface area contributed by atoms with Gasteiger partial charge in [-0.15, -0.1) is 0 Å². The van der Waals surface area contributed by atoms with Gasteiger partial charge in [-0.05, 0) is 95.4 Å². The topological polar surface area (TPSA) is 48.5 Å². The minimum absolute atomic E-state index is 0.601. The number of benzene rings is 9. The van der Waals surface area contributed by atoms with Gasteiger partial charge in [0.2, 0.25) is 0 Å². The molecule has 0 aliphatic carbocycles. The van der Waals surface area contributed by atoms with Crippen LogP contribution in [0.1, 0.15) is 5.56 Å². The molecule has 0 atom stereocenters. The van der Waals surface area contributed by atoms with E-state index in [9.17, 15) is 0 Å². The molecule has 0 aliphatic heterocycles. The molecule has 12 rings (SSSR count). The van der Waals surface area contributed by atoms with Crippen LogP contribution in [0.5, 0.6) is 0 Å². The van der Waals surface area contributed by atoms with E-state index in [2.05, 4.69) is 198 Å². The number of aromatic nitrogens is 5. The lowest BCUT2D eigenvalue weighted by molar-refractivity contribution is 1.06. The van der Waals surface area contributed by atoms with E-state index in [1.165, 1.54) is 43.8 Å². The van der Waals surface area contributed by atoms with Crippen LogP contribution in [0.15, 0.2) is 218 Å². The largest absolute Gasteiger partial charge is 0.309 e. The number of hydrogen-bond donors (Lipinski definition) is 0. The lowest BCUT2D eigenvalue weighted by Gasteiger charge is -2.16. The third-order valence-electron chi connectivity index (χ3n) is 12.3. The summed E-state index contributed by atoms with van der Waals surface area (Å²) in [6.07, 6.45) is 0. The van der Waals surface area contributed by atoms with Crippen molar-refractivity contribution in [1.82, 2.24) is 24.1 Å². The Morgan fingerprint density at radius 1 is 0.302 bits per heavy atom. The zero-order valence-electron chi connectivity index (χ0n) is 34.5. The van der Waals surface area contributed by atoms with Crippen LogP contribution in [0.3, 0.4) is 0 Å². The van der Waals surface area contributed by atoms with Crippen molar-refractivity contribution in [2.24, 2.45) is 0 Å². The van der Waals surface area contributed by atoms with E-state index in [1.807, 2.05) is 36.4 Å². The predicted octanol–water partition coefficient (Wildman–Crippen LogP) is 14.7. The average Bonchev–Trinajstić information content (AvgIpc) is 3.87.